The molecule has 90 valence electrons. The lowest BCUT2D eigenvalue weighted by Gasteiger charge is -2.07. The topological polar surface area (TPSA) is 22.0 Å². The lowest BCUT2D eigenvalue weighted by atomic mass is 10.1. The summed E-state index contributed by atoms with van der Waals surface area (Å²) < 4.78 is 2.20. The van der Waals surface area contributed by atoms with Gasteiger partial charge in [-0.1, -0.05) is 32.0 Å². The minimum absolute atomic E-state index is 0.143. The fraction of sp³-hybridized carbons (Fsp3) is 0.400. The van der Waals surface area contributed by atoms with Crippen molar-refractivity contribution in [2.75, 3.05) is 0 Å². The Hall–Kier alpha value is -1.57. The second-order valence-corrected chi connectivity index (χ2v) is 4.99. The van der Waals surface area contributed by atoms with Crippen molar-refractivity contribution in [2.24, 2.45) is 5.92 Å². The predicted octanol–water partition coefficient (Wildman–Crippen LogP) is 3.89. The zero-order chi connectivity index (χ0) is 12.4. The van der Waals surface area contributed by atoms with E-state index in [1.165, 1.54) is 5.52 Å². The maximum atomic E-state index is 11.6. The van der Waals surface area contributed by atoms with Crippen LogP contribution in [0.2, 0.25) is 0 Å². The Morgan fingerprint density at radius 1 is 1.29 bits per heavy atom. The Labute approximate surface area is 102 Å². The van der Waals surface area contributed by atoms with Crippen molar-refractivity contribution >= 4 is 16.7 Å². The smallest absolute Gasteiger partial charge is 0.161 e. The molecule has 2 aromatic rings. The predicted molar refractivity (Wildman–Crippen MR) is 71.4 cm³/mol. The number of hydrogen-bond donors (Lipinski definition) is 0. The van der Waals surface area contributed by atoms with Crippen LogP contribution in [-0.2, 0) is 6.54 Å². The maximum Gasteiger partial charge on any atom is 0.161 e. The molecule has 0 saturated heterocycles. The number of aromatic nitrogens is 1. The van der Waals surface area contributed by atoms with Crippen LogP contribution in [0, 0.1) is 5.92 Å². The molecule has 0 atom stereocenters. The van der Waals surface area contributed by atoms with E-state index in [9.17, 15) is 4.79 Å². The van der Waals surface area contributed by atoms with Crippen molar-refractivity contribution in [1.82, 2.24) is 4.57 Å². The molecule has 1 aromatic heterocycles. The van der Waals surface area contributed by atoms with E-state index >= 15 is 0 Å². The highest BCUT2D eigenvalue weighted by molar-refractivity contribution is 6.06. The van der Waals surface area contributed by atoms with Crippen LogP contribution >= 0.6 is 0 Å². The van der Waals surface area contributed by atoms with Gasteiger partial charge in [0.15, 0.2) is 5.78 Å². The second-order valence-electron chi connectivity index (χ2n) is 4.99. The summed E-state index contributed by atoms with van der Waals surface area (Å²) in [6.45, 7) is 7.05. The molecule has 0 spiro atoms. The first-order valence-electron chi connectivity index (χ1n) is 6.18. The summed E-state index contributed by atoms with van der Waals surface area (Å²) in [4.78, 5) is 11.6. The molecule has 0 fully saturated rings. The molecular formula is C15H19NO. The third-order valence-electron chi connectivity index (χ3n) is 3.12. The van der Waals surface area contributed by atoms with Crippen LogP contribution in [0.15, 0.2) is 30.5 Å². The van der Waals surface area contributed by atoms with Gasteiger partial charge >= 0.3 is 0 Å². The Balaban J connectivity index is 2.45. The van der Waals surface area contributed by atoms with E-state index in [1.807, 2.05) is 24.4 Å². The Morgan fingerprint density at radius 3 is 2.65 bits per heavy atom. The van der Waals surface area contributed by atoms with Gasteiger partial charge in [-0.3, -0.25) is 4.79 Å². The zero-order valence-corrected chi connectivity index (χ0v) is 10.7. The van der Waals surface area contributed by atoms with Crippen molar-refractivity contribution in [2.45, 2.75) is 33.7 Å². The molecule has 17 heavy (non-hydrogen) atoms. The number of nitrogens with zero attached hydrogens (tertiary/aromatic N) is 1. The summed E-state index contributed by atoms with van der Waals surface area (Å²) in [5, 5.41) is 1.07. The Bertz CT molecular complexity index is 537. The zero-order valence-electron chi connectivity index (χ0n) is 10.7. The van der Waals surface area contributed by atoms with Gasteiger partial charge in [0.05, 0.1) is 0 Å². The van der Waals surface area contributed by atoms with Crippen LogP contribution < -0.4 is 0 Å². The molecule has 0 aliphatic rings. The van der Waals surface area contributed by atoms with Crippen LogP contribution in [0.5, 0.6) is 0 Å². The second kappa shape index (κ2) is 4.74. The lowest BCUT2D eigenvalue weighted by Crippen LogP contribution is -2.00. The number of aryl methyl sites for hydroxylation is 1. The standard InChI is InChI=1S/C15H19NO/c1-11(2)8-9-16-10-14(12(3)17)13-6-4-5-7-15(13)16/h4-7,10-11H,8-9H2,1-3H3. The minimum Gasteiger partial charge on any atom is -0.347 e. The highest BCUT2D eigenvalue weighted by Gasteiger charge is 2.11. The van der Waals surface area contributed by atoms with E-state index < -0.39 is 0 Å². The first-order chi connectivity index (χ1) is 8.09. The van der Waals surface area contributed by atoms with Crippen LogP contribution in [0.4, 0.5) is 0 Å². The average molecular weight is 229 g/mol. The highest BCUT2D eigenvalue weighted by Crippen LogP contribution is 2.22. The van der Waals surface area contributed by atoms with Crippen LogP contribution in [0.25, 0.3) is 10.9 Å². The monoisotopic (exact) mass is 229 g/mol. The SMILES string of the molecule is CC(=O)c1cn(CCC(C)C)c2ccccc12. The van der Waals surface area contributed by atoms with E-state index in [2.05, 4.69) is 24.5 Å². The van der Waals surface area contributed by atoms with Crippen LogP contribution in [0.1, 0.15) is 37.6 Å². The Kier molecular flexibility index (Phi) is 3.32. The summed E-state index contributed by atoms with van der Waals surface area (Å²) in [5.74, 6) is 0.821. The number of rotatable bonds is 4. The molecule has 2 rings (SSSR count). The molecule has 0 bridgehead atoms. The fourth-order valence-corrected chi connectivity index (χ4v) is 2.11. The van der Waals surface area contributed by atoms with Gasteiger partial charge in [0, 0.05) is 29.2 Å². The summed E-state index contributed by atoms with van der Waals surface area (Å²) in [7, 11) is 0. The lowest BCUT2D eigenvalue weighted by molar-refractivity contribution is 0.101. The molecule has 0 aliphatic carbocycles. The molecule has 0 amide bonds. The van der Waals surface area contributed by atoms with Gasteiger partial charge in [0.2, 0.25) is 0 Å². The van der Waals surface area contributed by atoms with Gasteiger partial charge in [-0.05, 0) is 25.3 Å². The van der Waals surface area contributed by atoms with Gasteiger partial charge in [0.25, 0.3) is 0 Å². The molecular weight excluding hydrogens is 210 g/mol. The molecule has 0 saturated carbocycles. The first kappa shape index (κ1) is 11.9. The number of carbonyl (C=O) groups excluding carboxylic acids is 1. The summed E-state index contributed by atoms with van der Waals surface area (Å²) >= 11 is 0. The fourth-order valence-electron chi connectivity index (χ4n) is 2.11. The minimum atomic E-state index is 0.143. The van der Waals surface area contributed by atoms with E-state index in [1.54, 1.807) is 6.92 Å². The molecule has 0 N–H and O–H groups in total. The quantitative estimate of drug-likeness (QED) is 0.729. The van der Waals surface area contributed by atoms with E-state index in [0.29, 0.717) is 5.92 Å². The van der Waals surface area contributed by atoms with Gasteiger partial charge in [-0.15, -0.1) is 0 Å². The van der Waals surface area contributed by atoms with Gasteiger partial charge in [0.1, 0.15) is 0 Å². The number of carbonyl (C=O) groups is 1. The molecule has 2 heteroatoms. The van der Waals surface area contributed by atoms with Gasteiger partial charge in [-0.25, -0.2) is 0 Å². The molecule has 0 radical (unpaired) electrons. The number of hydrogen-bond acceptors (Lipinski definition) is 1. The van der Waals surface area contributed by atoms with Crippen molar-refractivity contribution in [3.8, 4) is 0 Å². The van der Waals surface area contributed by atoms with E-state index in [-0.39, 0.29) is 5.78 Å². The number of para-hydroxylation sites is 1. The summed E-state index contributed by atoms with van der Waals surface area (Å²) in [5.41, 5.74) is 2.00. The van der Waals surface area contributed by atoms with Crippen molar-refractivity contribution in [3.63, 3.8) is 0 Å². The van der Waals surface area contributed by atoms with E-state index in [0.717, 1.165) is 23.9 Å². The summed E-state index contributed by atoms with van der Waals surface area (Å²) in [6.07, 6.45) is 3.13. The molecule has 1 heterocycles. The number of ketones is 1. The third-order valence-corrected chi connectivity index (χ3v) is 3.12. The van der Waals surface area contributed by atoms with Gasteiger partial charge < -0.3 is 4.57 Å². The van der Waals surface area contributed by atoms with Gasteiger partial charge in [-0.2, -0.15) is 0 Å². The maximum absolute atomic E-state index is 11.6. The molecule has 2 nitrogen and oxygen atoms in total. The van der Waals surface area contributed by atoms with Crippen molar-refractivity contribution < 1.29 is 4.79 Å². The molecule has 0 unspecified atom stereocenters. The van der Waals surface area contributed by atoms with Crippen molar-refractivity contribution in [1.29, 1.82) is 0 Å². The Morgan fingerprint density at radius 2 is 2.00 bits per heavy atom. The molecule has 0 aliphatic heterocycles. The van der Waals surface area contributed by atoms with Crippen molar-refractivity contribution in [3.05, 3.63) is 36.0 Å². The first-order valence-corrected chi connectivity index (χ1v) is 6.18. The van der Waals surface area contributed by atoms with Crippen LogP contribution in [-0.4, -0.2) is 10.4 Å². The normalized spacial score (nSPS) is 11.3. The average Bonchev–Trinajstić information content (AvgIpc) is 2.65. The summed E-state index contributed by atoms with van der Waals surface area (Å²) in [6, 6.07) is 8.12. The highest BCUT2D eigenvalue weighted by atomic mass is 16.1. The number of Topliss-reactive ketones (excluding diaryl/α,β-unsaturated/α-hetero) is 1. The number of fused-ring (bicyclic) bond motifs is 1. The van der Waals surface area contributed by atoms with Crippen LogP contribution in [0.3, 0.4) is 0 Å². The number of benzene rings is 1. The third kappa shape index (κ3) is 2.41. The largest absolute Gasteiger partial charge is 0.347 e. The molecule has 1 aromatic carbocycles. The van der Waals surface area contributed by atoms with E-state index in [4.69, 9.17) is 0 Å².